The lowest BCUT2D eigenvalue weighted by atomic mass is 10.00. The van der Waals surface area contributed by atoms with Crippen LogP contribution in [0.3, 0.4) is 0 Å². The van der Waals surface area contributed by atoms with Gasteiger partial charge in [0.15, 0.2) is 5.96 Å². The SMILES string of the molecule is CCCC[C@H]1C(=O)N[C@@H](CCCNC(=N)N)C(=O)N[C@H](C(=O)NCC(N)=O)CSCC(=O)N[C@@H](Cc2ccc(O)cc2)C(=O)N(C)[C@@H](C)C(=O)N[C@@H](CC(N)=O)C(=O)N2CCC[C@H]2C(=O)N[C@@H](Cc2cnc[nH]2)C(=O)N[C@@H](CC(C)C)C(=O)N2CCC[C@H]2C(=O)N[C@@H](Cc2c[nH]c3ccccc23)C(=O)N[C@@H](CO)C(=O)N[C@@H](Cc2csc3ccccc23)C(=O)N([13CH3])[C@@H](CCCC)C(=O)N1C. The van der Waals surface area contributed by atoms with Gasteiger partial charge >= 0.3 is 0 Å². The standard InChI is InChI=1S/C91H127N23O19S2/c1-9-11-24-69-83(126)102-60(23-17-33-97-91(94)95)79(122)109-68(78(121)99-44-75(93)118)47-134-48-76(119)101-64(37-52-29-31-56(116)32-30-52)86(129)110(6)51(5)77(120)105-66(41-74(92)117)89(132)114-35-19-27-71(114)85(128)104-62(40-55-43-96-49-100-55)81(124)106-63(36-50(3)4)88(131)113-34-18-26-70(113)84(127)103-61(38-53-42-98-59-22-15-13-20-57(53)59)80(123)108-67(45-115)82(125)107-65(39-54-46-135-73-28-16-14-21-58(54)73)87(130)112(8)72(25-12-10-2)90(133)111(69)7/h13-16,20-22,28-32,42-43,46,49-51,60-72,98,115-116H,9-12,17-19,23-27,33-41,44-45,47-48H2,1-8H3,(H2,92,117)(H2,93,118)(H,96,100)(H,99,121)(H,101,119)(H,102,126)(H,103,127)(H,104,128)(H,105,120)(H,106,124)(H,107,125)(H,108,123)(H,109,122)(H4,94,95,97)/t51-,60-,61-,62-,63-,64-,65-,66-,67-,68-,69-,70-,71-,72-/m0/s1/i8+1. The van der Waals surface area contributed by atoms with Crippen LogP contribution in [0.15, 0.2) is 96.9 Å². The molecule has 17 amide bonds. The first-order chi connectivity index (χ1) is 64.4. The van der Waals surface area contributed by atoms with Crippen LogP contribution in [0.2, 0.25) is 0 Å². The second-order valence-corrected chi connectivity index (χ2v) is 36.6. The molecule has 3 aliphatic rings. The largest absolute Gasteiger partial charge is 0.508 e. The topological polar surface area (TPSA) is 626 Å². The Morgan fingerprint density at radius 3 is 1.71 bits per heavy atom. The van der Waals surface area contributed by atoms with E-state index in [1.165, 1.54) is 86.0 Å². The van der Waals surface area contributed by atoms with Gasteiger partial charge < -0.3 is 120 Å². The highest BCUT2D eigenvalue weighted by molar-refractivity contribution is 8.00. The number of aliphatic hydroxyl groups is 1. The molecule has 42 nitrogen and oxygen atoms in total. The number of unbranched alkanes of at least 4 members (excludes halogenated alkanes) is 2. The van der Waals surface area contributed by atoms with Gasteiger partial charge in [0.1, 0.15) is 90.3 Å². The molecule has 3 fully saturated rings. The van der Waals surface area contributed by atoms with Crippen LogP contribution < -0.4 is 75.7 Å². The van der Waals surface area contributed by atoms with Crippen molar-refractivity contribution in [3.05, 3.63) is 119 Å². The van der Waals surface area contributed by atoms with E-state index < -0.39 is 222 Å². The molecule has 0 radical (unpaired) electrons. The molecule has 0 aliphatic carbocycles. The molecular weight excluding hydrogens is 1780 g/mol. The number of thioether (sulfide) groups is 1. The number of benzene rings is 3. The maximum atomic E-state index is 15.8. The molecule has 44 heteroatoms. The Hall–Kier alpha value is -13.3. The summed E-state index contributed by atoms with van der Waals surface area (Å²) in [5.74, 6) is -17.2. The van der Waals surface area contributed by atoms with Crippen LogP contribution in [0.25, 0.3) is 21.0 Å². The zero-order chi connectivity index (χ0) is 98.4. The van der Waals surface area contributed by atoms with Gasteiger partial charge in [0.2, 0.25) is 100 Å². The molecular formula is C91H127N23O19S2. The third kappa shape index (κ3) is 29.6. The number of hydrogen-bond donors (Lipinski definition) is 19. The number of likely N-dealkylation sites (N-methyl/N-ethyl adjacent to an activating group) is 3. The van der Waals surface area contributed by atoms with Crippen LogP contribution in [-0.2, 0) is 107 Å². The number of aliphatic hydroxyl groups excluding tert-OH is 1. The highest BCUT2D eigenvalue weighted by Crippen LogP contribution is 2.30. The van der Waals surface area contributed by atoms with Crippen molar-refractivity contribution in [3.63, 3.8) is 0 Å². The van der Waals surface area contributed by atoms with E-state index in [1.54, 1.807) is 55.8 Å². The number of phenolic OH excluding ortho intramolecular Hbond substituents is 1. The smallest absolute Gasteiger partial charge is 0.246 e. The molecule has 3 aromatic heterocycles. The van der Waals surface area contributed by atoms with E-state index >= 15 is 38.4 Å². The summed E-state index contributed by atoms with van der Waals surface area (Å²) in [6.07, 6.45) is 4.66. The van der Waals surface area contributed by atoms with Crippen molar-refractivity contribution in [2.24, 2.45) is 23.1 Å². The van der Waals surface area contributed by atoms with Gasteiger partial charge in [-0.05, 0) is 122 Å². The van der Waals surface area contributed by atoms with Crippen molar-refractivity contribution in [3.8, 4) is 5.75 Å². The summed E-state index contributed by atoms with van der Waals surface area (Å²) in [7, 11) is 3.95. The van der Waals surface area contributed by atoms with Crippen molar-refractivity contribution < 1.29 is 91.7 Å². The van der Waals surface area contributed by atoms with Crippen molar-refractivity contribution in [2.45, 2.75) is 235 Å². The minimum atomic E-state index is -1.84. The number of para-hydroxylation sites is 1. The van der Waals surface area contributed by atoms with Crippen LogP contribution in [-0.4, -0.2) is 306 Å². The number of aromatic nitrogens is 3. The van der Waals surface area contributed by atoms with Gasteiger partial charge in [0.25, 0.3) is 0 Å². The number of imidazole rings is 1. The van der Waals surface area contributed by atoms with Gasteiger partial charge in [0.05, 0.1) is 31.7 Å². The second-order valence-electron chi connectivity index (χ2n) is 34.7. The number of aromatic hydroxyl groups is 1. The number of nitrogens with one attached hydrogen (secondary N) is 14. The maximum Gasteiger partial charge on any atom is 0.246 e. The Kier molecular flexibility index (Phi) is 39.6. The van der Waals surface area contributed by atoms with Gasteiger partial charge in [-0.25, -0.2) is 4.98 Å². The Morgan fingerprint density at radius 2 is 1.10 bits per heavy atom. The number of amides is 17. The van der Waals surface area contributed by atoms with E-state index in [1.807, 2.05) is 32.0 Å². The number of phenols is 1. The van der Waals surface area contributed by atoms with E-state index in [0.717, 1.165) is 36.5 Å². The molecule has 3 aromatic carbocycles. The number of nitrogens with two attached hydrogens (primary N) is 3. The summed E-state index contributed by atoms with van der Waals surface area (Å²) in [6, 6.07) is -1.10. The Bertz CT molecular complexity index is 5210. The molecule has 0 bridgehead atoms. The molecule has 0 saturated carbocycles. The van der Waals surface area contributed by atoms with E-state index in [-0.39, 0.29) is 115 Å². The molecule has 0 spiro atoms. The van der Waals surface area contributed by atoms with Crippen molar-refractivity contribution in [1.82, 2.24) is 97.9 Å². The molecule has 22 N–H and O–H groups in total. The van der Waals surface area contributed by atoms with Gasteiger partial charge in [0, 0.05) is 106 Å². The average Bonchev–Trinajstić information content (AvgIpc) is 1.80. The summed E-state index contributed by atoms with van der Waals surface area (Å²) in [5, 5.41) is 61.9. The zero-order valence-electron chi connectivity index (χ0n) is 77.1. The predicted molar refractivity (Wildman–Crippen MR) is 502 cm³/mol. The minimum Gasteiger partial charge on any atom is -0.508 e. The Labute approximate surface area is 789 Å². The summed E-state index contributed by atoms with van der Waals surface area (Å²) in [5.41, 5.74) is 19.4. The summed E-state index contributed by atoms with van der Waals surface area (Å²) in [4.78, 5) is 266. The van der Waals surface area contributed by atoms with Crippen LogP contribution >= 0.6 is 23.1 Å². The van der Waals surface area contributed by atoms with Gasteiger partial charge in [-0.15, -0.1) is 23.1 Å². The number of thiophene rings is 1. The van der Waals surface area contributed by atoms with Crippen LogP contribution in [0.1, 0.15) is 147 Å². The number of carbonyl (C=O) groups is 17. The molecule has 135 heavy (non-hydrogen) atoms. The van der Waals surface area contributed by atoms with E-state index in [2.05, 4.69) is 73.4 Å². The van der Waals surface area contributed by atoms with E-state index in [4.69, 9.17) is 22.6 Å². The normalized spacial score (nSPS) is 24.2. The van der Waals surface area contributed by atoms with Crippen LogP contribution in [0, 0.1) is 11.3 Å². The second kappa shape index (κ2) is 50.7. The van der Waals surface area contributed by atoms with Crippen molar-refractivity contribution in [1.29, 1.82) is 5.41 Å². The molecule has 6 aromatic rings. The molecule has 0 unspecified atom stereocenters. The molecule has 732 valence electrons. The first-order valence-electron chi connectivity index (χ1n) is 45.4. The lowest BCUT2D eigenvalue weighted by molar-refractivity contribution is -0.149. The highest BCUT2D eigenvalue weighted by Gasteiger charge is 2.46. The van der Waals surface area contributed by atoms with E-state index in [0.29, 0.717) is 59.0 Å². The fraction of sp³-hybridized carbons (Fsp3) is 0.527. The number of aromatic amines is 2. The van der Waals surface area contributed by atoms with Crippen molar-refractivity contribution >= 4 is 150 Å². The molecule has 9 rings (SSSR count). The third-order valence-corrected chi connectivity index (χ3v) is 26.2. The number of carbonyl (C=O) groups excluding carboxylic acids is 17. The van der Waals surface area contributed by atoms with Crippen LogP contribution in [0.5, 0.6) is 5.75 Å². The predicted octanol–water partition coefficient (Wildman–Crippen LogP) is -1.17. The third-order valence-electron chi connectivity index (χ3n) is 24.2. The summed E-state index contributed by atoms with van der Waals surface area (Å²) in [6.45, 7) is 6.68. The summed E-state index contributed by atoms with van der Waals surface area (Å²) < 4.78 is 0.825. The fourth-order valence-corrected chi connectivity index (χ4v) is 18.5. The number of H-pyrrole nitrogens is 2. The van der Waals surface area contributed by atoms with Gasteiger partial charge in [-0.2, -0.15) is 0 Å². The summed E-state index contributed by atoms with van der Waals surface area (Å²) >= 11 is 2.13. The average molecular weight is 1910 g/mol. The number of rotatable bonds is 26. The van der Waals surface area contributed by atoms with Crippen LogP contribution in [0.4, 0.5) is 0 Å². The molecule has 14 atom stereocenters. The fourth-order valence-electron chi connectivity index (χ4n) is 16.7. The zero-order valence-corrected chi connectivity index (χ0v) is 78.8. The van der Waals surface area contributed by atoms with Crippen molar-refractivity contribution in [2.75, 3.05) is 65.4 Å². The number of primary amides is 2. The monoisotopic (exact) mass is 1910 g/mol. The molecule has 3 saturated heterocycles. The Morgan fingerprint density at radius 1 is 0.548 bits per heavy atom. The highest BCUT2D eigenvalue weighted by atomic mass is 32.2. The molecule has 6 heterocycles. The maximum absolute atomic E-state index is 15.8. The Balaban J connectivity index is 1.10. The first kappa shape index (κ1) is 105. The number of hydrogen-bond acceptors (Lipinski definition) is 23. The lowest BCUT2D eigenvalue weighted by Crippen LogP contribution is -2.62. The van der Waals surface area contributed by atoms with Gasteiger partial charge in [-0.1, -0.05) is 102 Å². The number of fused-ring (bicyclic) bond motifs is 4. The first-order valence-corrected chi connectivity index (χ1v) is 47.4. The number of nitrogens with zero attached hydrogens (tertiary/aromatic N) is 6. The molecule has 3 aliphatic heterocycles. The van der Waals surface area contributed by atoms with E-state index in [9.17, 15) is 53.4 Å². The number of guanidine groups is 1. The lowest BCUT2D eigenvalue weighted by Gasteiger charge is -2.36. The minimum absolute atomic E-state index is 0.00306. The quantitative estimate of drug-likeness (QED) is 0.0132. The van der Waals surface area contributed by atoms with Gasteiger partial charge in [-0.3, -0.25) is 86.9 Å².